The highest BCUT2D eigenvalue weighted by Gasteiger charge is 2.12. The monoisotopic (exact) mass is 288 g/mol. The summed E-state index contributed by atoms with van der Waals surface area (Å²) in [4.78, 5) is 22.9. The van der Waals surface area contributed by atoms with E-state index in [0.717, 1.165) is 11.1 Å². The van der Waals surface area contributed by atoms with Gasteiger partial charge in [0.15, 0.2) is 0 Å². The first-order chi connectivity index (χ1) is 9.92. The summed E-state index contributed by atoms with van der Waals surface area (Å²) < 4.78 is 0. The molecular formula is C16H20N2O3. The summed E-state index contributed by atoms with van der Waals surface area (Å²) in [7, 11) is 0. The normalized spacial score (nSPS) is 11.2. The third-order valence-corrected chi connectivity index (χ3v) is 2.69. The molecule has 0 aliphatic heterocycles. The molecule has 0 aliphatic carbocycles. The molecule has 0 fully saturated rings. The van der Waals surface area contributed by atoms with E-state index in [9.17, 15) is 9.59 Å². The number of benzene rings is 1. The van der Waals surface area contributed by atoms with Gasteiger partial charge in [-0.2, -0.15) is 0 Å². The number of aliphatic hydroxyl groups excluding tert-OH is 1. The topological polar surface area (TPSA) is 92.4 Å². The maximum Gasteiger partial charge on any atom is 0.251 e. The Labute approximate surface area is 124 Å². The molecule has 0 aromatic heterocycles. The minimum Gasteiger partial charge on any atom is -0.395 e. The van der Waals surface area contributed by atoms with Gasteiger partial charge >= 0.3 is 0 Å². The van der Waals surface area contributed by atoms with Crippen LogP contribution in [0.5, 0.6) is 0 Å². The fourth-order valence-corrected chi connectivity index (χ4v) is 1.87. The van der Waals surface area contributed by atoms with Gasteiger partial charge in [0.05, 0.1) is 6.61 Å². The molecule has 0 saturated heterocycles. The summed E-state index contributed by atoms with van der Waals surface area (Å²) in [6, 6.07) is 4.99. The zero-order valence-corrected chi connectivity index (χ0v) is 12.3. The largest absolute Gasteiger partial charge is 0.395 e. The molecule has 0 bridgehead atoms. The number of aliphatic hydroxyl groups is 1. The number of hydrogen-bond donors (Lipinski definition) is 3. The van der Waals surface area contributed by atoms with Crippen LogP contribution in [0.3, 0.4) is 0 Å². The van der Waals surface area contributed by atoms with Gasteiger partial charge in [-0.3, -0.25) is 9.59 Å². The highest BCUT2D eigenvalue weighted by Crippen LogP contribution is 2.09. The minimum absolute atomic E-state index is 0.0107. The van der Waals surface area contributed by atoms with Gasteiger partial charge in [-0.1, -0.05) is 11.8 Å². The van der Waals surface area contributed by atoms with Crippen LogP contribution in [0.4, 0.5) is 0 Å². The molecule has 1 aromatic carbocycles. The Kier molecular flexibility index (Phi) is 6.44. The zero-order valence-electron chi connectivity index (χ0n) is 12.3. The second-order valence-corrected chi connectivity index (χ2v) is 4.91. The fraction of sp³-hybridized carbons (Fsp3) is 0.375. The summed E-state index contributed by atoms with van der Waals surface area (Å²) in [5, 5.41) is 11.4. The minimum atomic E-state index is -0.456. The molecule has 0 aliphatic rings. The van der Waals surface area contributed by atoms with Crippen LogP contribution in [-0.2, 0) is 4.79 Å². The molecule has 0 heterocycles. The number of hydrogen-bond acceptors (Lipinski definition) is 3. The zero-order chi connectivity index (χ0) is 15.8. The Balaban J connectivity index is 2.85. The summed E-state index contributed by atoms with van der Waals surface area (Å²) >= 11 is 0. The lowest BCUT2D eigenvalue weighted by Gasteiger charge is -2.12. The number of carbonyl (C=O) groups excluding carboxylic acids is 2. The predicted molar refractivity (Wildman–Crippen MR) is 80.5 cm³/mol. The average Bonchev–Trinajstić information content (AvgIpc) is 2.37. The van der Waals surface area contributed by atoms with Crippen molar-refractivity contribution >= 4 is 11.8 Å². The summed E-state index contributed by atoms with van der Waals surface area (Å²) in [6.45, 7) is 3.61. The fourth-order valence-electron chi connectivity index (χ4n) is 1.87. The number of nitrogens with one attached hydrogen (secondary N) is 1. The molecule has 1 atom stereocenters. The molecule has 0 saturated carbocycles. The number of amides is 2. The molecular weight excluding hydrogens is 268 g/mol. The predicted octanol–water partition coefficient (Wildman–Crippen LogP) is 0.723. The third kappa shape index (κ3) is 6.11. The van der Waals surface area contributed by atoms with Crippen LogP contribution in [0.1, 0.15) is 41.3 Å². The van der Waals surface area contributed by atoms with Gasteiger partial charge in [-0.05, 0) is 37.6 Å². The lowest BCUT2D eigenvalue weighted by Crippen LogP contribution is -2.35. The van der Waals surface area contributed by atoms with Gasteiger partial charge in [-0.15, -0.1) is 0 Å². The van der Waals surface area contributed by atoms with Crippen LogP contribution >= 0.6 is 0 Å². The molecule has 1 unspecified atom stereocenters. The van der Waals surface area contributed by atoms with E-state index in [0.29, 0.717) is 12.0 Å². The standard InChI is InChI=1S/C16H20N2O3/c1-11-7-13(5-3-4-6-19)10-14(8-11)16(21)18-12(2)9-15(17)20/h7-8,10,12,19H,4,6,9H2,1-2H3,(H2,17,20)(H,18,21). The second-order valence-electron chi connectivity index (χ2n) is 4.91. The van der Waals surface area contributed by atoms with E-state index < -0.39 is 5.91 Å². The molecule has 112 valence electrons. The Morgan fingerprint density at radius 2 is 2.10 bits per heavy atom. The number of primary amides is 1. The third-order valence-electron chi connectivity index (χ3n) is 2.69. The molecule has 5 heteroatoms. The van der Waals surface area contributed by atoms with E-state index in [1.165, 1.54) is 0 Å². The maximum atomic E-state index is 12.1. The summed E-state index contributed by atoms with van der Waals surface area (Å²) in [5.41, 5.74) is 7.21. The van der Waals surface area contributed by atoms with Crippen LogP contribution in [0.2, 0.25) is 0 Å². The van der Waals surface area contributed by atoms with E-state index >= 15 is 0 Å². The van der Waals surface area contributed by atoms with Crippen molar-refractivity contribution in [2.45, 2.75) is 32.7 Å². The first kappa shape index (κ1) is 16.7. The molecule has 4 N–H and O–H groups in total. The Morgan fingerprint density at radius 3 is 2.71 bits per heavy atom. The second kappa shape index (κ2) is 8.08. The summed E-state index contributed by atoms with van der Waals surface area (Å²) in [5.74, 6) is 5.00. The average molecular weight is 288 g/mol. The SMILES string of the molecule is Cc1cc(C#CCCO)cc(C(=O)NC(C)CC(N)=O)c1. The van der Waals surface area contributed by atoms with E-state index in [4.69, 9.17) is 10.8 Å². The molecule has 5 nitrogen and oxygen atoms in total. The van der Waals surface area contributed by atoms with Crippen molar-refractivity contribution in [3.05, 3.63) is 34.9 Å². The summed E-state index contributed by atoms with van der Waals surface area (Å²) in [6.07, 6.45) is 0.492. The van der Waals surface area contributed by atoms with Crippen molar-refractivity contribution in [1.82, 2.24) is 5.32 Å². The molecule has 2 amide bonds. The van der Waals surface area contributed by atoms with Crippen molar-refractivity contribution in [2.24, 2.45) is 5.73 Å². The van der Waals surface area contributed by atoms with E-state index in [1.807, 2.05) is 13.0 Å². The number of carbonyl (C=O) groups is 2. The van der Waals surface area contributed by atoms with E-state index in [-0.39, 0.29) is 25.0 Å². The molecule has 0 spiro atoms. The highest BCUT2D eigenvalue weighted by molar-refractivity contribution is 5.95. The smallest absolute Gasteiger partial charge is 0.251 e. The van der Waals surface area contributed by atoms with Gasteiger partial charge in [-0.25, -0.2) is 0 Å². The van der Waals surface area contributed by atoms with Crippen LogP contribution in [0, 0.1) is 18.8 Å². The van der Waals surface area contributed by atoms with Crippen LogP contribution < -0.4 is 11.1 Å². The first-order valence-electron chi connectivity index (χ1n) is 6.73. The van der Waals surface area contributed by atoms with Crippen LogP contribution in [0.15, 0.2) is 18.2 Å². The van der Waals surface area contributed by atoms with E-state index in [1.54, 1.807) is 19.1 Å². The van der Waals surface area contributed by atoms with Gasteiger partial charge in [0.25, 0.3) is 5.91 Å². The lowest BCUT2D eigenvalue weighted by molar-refractivity contribution is -0.118. The van der Waals surface area contributed by atoms with Crippen molar-refractivity contribution in [2.75, 3.05) is 6.61 Å². The lowest BCUT2D eigenvalue weighted by atomic mass is 10.1. The Morgan fingerprint density at radius 1 is 1.38 bits per heavy atom. The van der Waals surface area contributed by atoms with Gasteiger partial charge < -0.3 is 16.2 Å². The van der Waals surface area contributed by atoms with Crippen molar-refractivity contribution < 1.29 is 14.7 Å². The Bertz CT molecular complexity index is 585. The van der Waals surface area contributed by atoms with Gasteiger partial charge in [0, 0.05) is 30.0 Å². The van der Waals surface area contributed by atoms with Crippen LogP contribution in [-0.4, -0.2) is 29.6 Å². The molecule has 1 aromatic rings. The van der Waals surface area contributed by atoms with Gasteiger partial charge in [0.2, 0.25) is 5.91 Å². The number of nitrogens with two attached hydrogens (primary N) is 1. The number of aryl methyl sites for hydroxylation is 1. The van der Waals surface area contributed by atoms with E-state index in [2.05, 4.69) is 17.2 Å². The number of rotatable bonds is 5. The van der Waals surface area contributed by atoms with Crippen molar-refractivity contribution in [3.63, 3.8) is 0 Å². The van der Waals surface area contributed by atoms with Gasteiger partial charge in [0.1, 0.15) is 0 Å². The molecule has 0 radical (unpaired) electrons. The molecule has 21 heavy (non-hydrogen) atoms. The first-order valence-corrected chi connectivity index (χ1v) is 6.73. The van der Waals surface area contributed by atoms with Crippen molar-refractivity contribution in [3.8, 4) is 11.8 Å². The Hall–Kier alpha value is -2.32. The van der Waals surface area contributed by atoms with Crippen LogP contribution in [0.25, 0.3) is 0 Å². The quantitative estimate of drug-likeness (QED) is 0.697. The molecule has 1 rings (SSSR count). The van der Waals surface area contributed by atoms with Crippen molar-refractivity contribution in [1.29, 1.82) is 0 Å². The highest BCUT2D eigenvalue weighted by atomic mass is 16.2. The maximum absolute atomic E-state index is 12.1.